The molecule has 2 aromatic carbocycles. The molecule has 2 aliphatic rings. The Balaban J connectivity index is 0.000000196. The Morgan fingerprint density at radius 1 is 0.561 bits per heavy atom. The highest BCUT2D eigenvalue weighted by Gasteiger charge is 2.23. The van der Waals surface area contributed by atoms with Crippen molar-refractivity contribution in [1.29, 1.82) is 10.8 Å². The maximum Gasteiger partial charge on any atom is 0.260 e. The van der Waals surface area contributed by atoms with Crippen molar-refractivity contribution in [3.05, 3.63) is 152 Å². The number of ketones is 2. The first-order chi connectivity index (χ1) is 31.8. The van der Waals surface area contributed by atoms with Crippen LogP contribution in [0.1, 0.15) is 83.2 Å². The summed E-state index contributed by atoms with van der Waals surface area (Å²) >= 11 is 11.7. The zero-order valence-electron chi connectivity index (χ0n) is 36.5. The number of Topliss-reactive ketones (excluding diaryl/α,β-unsaturated/α-hetero) is 2. The second kappa shape index (κ2) is 21.7. The molecular weight excluding hydrogens is 882 g/mol. The molecule has 2 saturated heterocycles. The van der Waals surface area contributed by atoms with Crippen molar-refractivity contribution in [2.75, 3.05) is 49.9 Å². The normalized spacial score (nSPS) is 13.6. The summed E-state index contributed by atoms with van der Waals surface area (Å²) in [5.74, 6) is 0.592. The molecule has 6 aromatic rings. The molecule has 8 rings (SSSR count). The Labute approximate surface area is 391 Å². The number of likely N-dealkylation sites (tertiary alicyclic amines) is 1. The molecule has 6 heterocycles. The Morgan fingerprint density at radius 2 is 0.955 bits per heavy atom. The van der Waals surface area contributed by atoms with Gasteiger partial charge in [-0.1, -0.05) is 71.7 Å². The second-order valence-electron chi connectivity index (χ2n) is 15.7. The van der Waals surface area contributed by atoms with E-state index in [1.165, 1.54) is 40.6 Å². The van der Waals surface area contributed by atoms with Crippen LogP contribution in [0.5, 0.6) is 0 Å². The maximum atomic E-state index is 13.0. The number of aromatic nitrogens is 6. The lowest BCUT2D eigenvalue weighted by molar-refractivity contribution is 0.0978. The SMILES string of the molecule is Cn1ncc(C(=O)Nc2ccc(Cl)cn2)c1CC(=O)c1ccc(C(=N)N2CCCCC2)cc1.Cn1ncc(C(=O)Nc2ccc(Cl)cn2)c1CC(=O)c1ccc(C(=N)N2CCNCC2)cc1. The van der Waals surface area contributed by atoms with E-state index in [1.807, 2.05) is 17.0 Å². The number of rotatable bonds is 12. The molecule has 0 unspecified atom stereocenters. The van der Waals surface area contributed by atoms with Crippen LogP contribution in [-0.2, 0) is 26.9 Å². The molecule has 4 aromatic heterocycles. The molecule has 0 spiro atoms. The number of nitrogens with one attached hydrogen (secondary N) is 5. The van der Waals surface area contributed by atoms with Gasteiger partial charge in [0.15, 0.2) is 11.6 Å². The standard InChI is InChI=1S/C24H25ClN6O2.C23H24ClN7O2/c1-30-20(19(15-28-30)24(33)29-22-10-9-18(25)14-27-22)13-21(32)16-5-7-17(8-6-16)23(26)31-11-3-2-4-12-31;1-30-19(18(14-28-30)23(33)29-21-7-6-17(24)13-27-21)12-20(32)15-2-4-16(5-3-15)22(25)31-10-8-26-9-11-31/h5-10,14-15,26H,2-4,11-13H2,1H3,(H,27,29,33);2-7,13-14,25-26H,8-12H2,1H3,(H,27,29,33). The lowest BCUT2D eigenvalue weighted by Crippen LogP contribution is -2.46. The minimum Gasteiger partial charge on any atom is -0.357 e. The molecule has 2 fully saturated rings. The molecule has 17 nitrogen and oxygen atoms in total. The average Bonchev–Trinajstić information content (AvgIpc) is 3.90. The second-order valence-corrected chi connectivity index (χ2v) is 16.6. The number of hydrogen-bond acceptors (Lipinski definition) is 11. The fraction of sp³-hybridized carbons (Fsp3) is 0.277. The Kier molecular flexibility index (Phi) is 15.4. The highest BCUT2D eigenvalue weighted by Crippen LogP contribution is 2.20. The number of benzene rings is 2. The van der Waals surface area contributed by atoms with Gasteiger partial charge in [0.25, 0.3) is 11.8 Å². The van der Waals surface area contributed by atoms with Crippen LogP contribution >= 0.6 is 23.2 Å². The number of pyridine rings is 2. The van der Waals surface area contributed by atoms with E-state index >= 15 is 0 Å². The van der Waals surface area contributed by atoms with E-state index in [1.54, 1.807) is 74.8 Å². The highest BCUT2D eigenvalue weighted by atomic mass is 35.5. The zero-order valence-corrected chi connectivity index (χ0v) is 38.0. The quantitative estimate of drug-likeness (QED) is 0.0518. The third-order valence-corrected chi connectivity index (χ3v) is 11.7. The van der Waals surface area contributed by atoms with Crippen LogP contribution in [0.3, 0.4) is 0 Å². The van der Waals surface area contributed by atoms with Crippen molar-refractivity contribution in [2.24, 2.45) is 14.1 Å². The number of hydrogen-bond donors (Lipinski definition) is 5. The highest BCUT2D eigenvalue weighted by molar-refractivity contribution is 6.30. The Morgan fingerprint density at radius 3 is 1.35 bits per heavy atom. The molecule has 5 N–H and O–H groups in total. The number of carbonyl (C=O) groups is 4. The van der Waals surface area contributed by atoms with Gasteiger partial charge in [-0.25, -0.2) is 9.97 Å². The van der Waals surface area contributed by atoms with Crippen molar-refractivity contribution in [2.45, 2.75) is 32.1 Å². The number of nitrogens with zero attached hydrogens (tertiary/aromatic N) is 8. The van der Waals surface area contributed by atoms with Crippen LogP contribution in [0.4, 0.5) is 11.6 Å². The van der Waals surface area contributed by atoms with Crippen molar-refractivity contribution in [3.8, 4) is 0 Å². The van der Waals surface area contributed by atoms with E-state index in [-0.39, 0.29) is 24.4 Å². The molecule has 0 aliphatic carbocycles. The number of carbonyl (C=O) groups excluding carboxylic acids is 4. The van der Waals surface area contributed by atoms with E-state index in [4.69, 9.17) is 34.0 Å². The third-order valence-electron chi connectivity index (χ3n) is 11.3. The lowest BCUT2D eigenvalue weighted by Gasteiger charge is -2.29. The zero-order chi connectivity index (χ0) is 46.7. The van der Waals surface area contributed by atoms with Gasteiger partial charge in [0.05, 0.1) is 57.8 Å². The summed E-state index contributed by atoms with van der Waals surface area (Å²) in [6.45, 7) is 5.08. The summed E-state index contributed by atoms with van der Waals surface area (Å²) in [6.07, 6.45) is 9.22. The van der Waals surface area contributed by atoms with Gasteiger partial charge in [-0.2, -0.15) is 10.2 Å². The first-order valence-corrected chi connectivity index (χ1v) is 22.1. The minimum absolute atomic E-state index is 0.0158. The number of amides is 2. The molecule has 0 saturated carbocycles. The first-order valence-electron chi connectivity index (χ1n) is 21.4. The van der Waals surface area contributed by atoms with Crippen LogP contribution in [-0.4, -0.2) is 114 Å². The van der Waals surface area contributed by atoms with E-state index in [0.717, 1.165) is 63.2 Å². The van der Waals surface area contributed by atoms with Crippen molar-refractivity contribution >= 4 is 69.9 Å². The van der Waals surface area contributed by atoms with Gasteiger partial charge in [-0.15, -0.1) is 0 Å². The number of aryl methyl sites for hydroxylation is 2. The van der Waals surface area contributed by atoms with E-state index in [9.17, 15) is 19.2 Å². The van der Waals surface area contributed by atoms with Crippen LogP contribution in [0.15, 0.2) is 97.6 Å². The molecule has 66 heavy (non-hydrogen) atoms. The fourth-order valence-corrected chi connectivity index (χ4v) is 7.72. The summed E-state index contributed by atoms with van der Waals surface area (Å²) in [7, 11) is 3.39. The van der Waals surface area contributed by atoms with E-state index < -0.39 is 11.8 Å². The summed E-state index contributed by atoms with van der Waals surface area (Å²) < 4.78 is 3.05. The van der Waals surface area contributed by atoms with Crippen LogP contribution in [0, 0.1) is 10.8 Å². The van der Waals surface area contributed by atoms with E-state index in [0.29, 0.717) is 67.0 Å². The topological polar surface area (TPSA) is 220 Å². The molecular formula is C47H49Cl2N13O4. The molecule has 0 atom stereocenters. The van der Waals surface area contributed by atoms with Gasteiger partial charge < -0.3 is 25.8 Å². The number of amidine groups is 2. The van der Waals surface area contributed by atoms with Crippen LogP contribution < -0.4 is 16.0 Å². The number of halogens is 2. The monoisotopic (exact) mass is 929 g/mol. The predicted molar refractivity (Wildman–Crippen MR) is 253 cm³/mol. The Hall–Kier alpha value is -7.08. The molecule has 0 bridgehead atoms. The summed E-state index contributed by atoms with van der Waals surface area (Å²) in [5, 5.41) is 34.8. The minimum atomic E-state index is -0.402. The van der Waals surface area contributed by atoms with Gasteiger partial charge in [0.1, 0.15) is 23.3 Å². The lowest BCUT2D eigenvalue weighted by atomic mass is 10.0. The van der Waals surface area contributed by atoms with Crippen molar-refractivity contribution in [3.63, 3.8) is 0 Å². The average molecular weight is 931 g/mol. The summed E-state index contributed by atoms with van der Waals surface area (Å²) in [6, 6.07) is 20.6. The van der Waals surface area contributed by atoms with Gasteiger partial charge >= 0.3 is 0 Å². The summed E-state index contributed by atoms with van der Waals surface area (Å²) in [5.41, 5.74) is 4.23. The van der Waals surface area contributed by atoms with Gasteiger partial charge in [-0.3, -0.25) is 39.4 Å². The maximum absolute atomic E-state index is 13.0. The molecule has 19 heteroatoms. The van der Waals surface area contributed by atoms with Crippen molar-refractivity contribution < 1.29 is 19.2 Å². The van der Waals surface area contributed by atoms with Gasteiger partial charge in [-0.05, 0) is 43.5 Å². The fourth-order valence-electron chi connectivity index (χ4n) is 7.50. The van der Waals surface area contributed by atoms with E-state index in [2.05, 4.69) is 41.0 Å². The molecule has 340 valence electrons. The first kappa shape index (κ1) is 46.9. The summed E-state index contributed by atoms with van der Waals surface area (Å²) in [4.78, 5) is 63.6. The van der Waals surface area contributed by atoms with Crippen molar-refractivity contribution in [1.82, 2.24) is 44.6 Å². The number of piperazine rings is 1. The smallest absolute Gasteiger partial charge is 0.260 e. The van der Waals surface area contributed by atoms with Gasteiger partial charge in [0, 0.05) is 88.0 Å². The number of piperidine rings is 1. The predicted octanol–water partition coefficient (Wildman–Crippen LogP) is 6.33. The van der Waals surface area contributed by atoms with Crippen LogP contribution in [0.2, 0.25) is 10.0 Å². The Bertz CT molecular complexity index is 2520. The third kappa shape index (κ3) is 11.8. The molecule has 2 amide bonds. The molecule has 0 radical (unpaired) electrons. The molecule has 2 aliphatic heterocycles. The van der Waals surface area contributed by atoms with Crippen LogP contribution in [0.25, 0.3) is 0 Å². The largest absolute Gasteiger partial charge is 0.357 e. The van der Waals surface area contributed by atoms with Gasteiger partial charge in [0.2, 0.25) is 0 Å². The number of anilines is 2.